The molecule has 0 saturated carbocycles. The van der Waals surface area contributed by atoms with E-state index in [1.807, 2.05) is 6.07 Å². The van der Waals surface area contributed by atoms with Gasteiger partial charge in [0, 0.05) is 29.9 Å². The molecule has 4 heteroatoms. The third-order valence-electron chi connectivity index (χ3n) is 4.46. The van der Waals surface area contributed by atoms with Crippen LogP contribution in [0.5, 0.6) is 0 Å². The zero-order valence-electron chi connectivity index (χ0n) is 12.7. The molecule has 2 atom stereocenters. The molecule has 2 aliphatic rings. The van der Waals surface area contributed by atoms with Crippen molar-refractivity contribution in [1.29, 1.82) is 0 Å². The van der Waals surface area contributed by atoms with Crippen LogP contribution in [0.1, 0.15) is 44.6 Å². The Bertz CT molecular complexity index is 509. The highest BCUT2D eigenvalue weighted by atomic mass is 16.1. The molecule has 3 N–H and O–H groups in total. The van der Waals surface area contributed by atoms with Crippen molar-refractivity contribution < 1.29 is 4.79 Å². The van der Waals surface area contributed by atoms with Crippen molar-refractivity contribution in [2.24, 2.45) is 0 Å². The van der Waals surface area contributed by atoms with E-state index < -0.39 is 0 Å². The fourth-order valence-electron chi connectivity index (χ4n) is 3.37. The van der Waals surface area contributed by atoms with E-state index in [0.717, 1.165) is 30.8 Å². The molecular formula is C17H25N3O. The molecule has 2 unspecified atom stereocenters. The molecule has 4 nitrogen and oxygen atoms in total. The molecule has 21 heavy (non-hydrogen) atoms. The maximum Gasteiger partial charge on any atom is 0.224 e. The summed E-state index contributed by atoms with van der Waals surface area (Å²) in [5.41, 5.74) is 3.37. The van der Waals surface area contributed by atoms with Crippen molar-refractivity contribution in [1.82, 2.24) is 5.32 Å². The molecule has 0 spiro atoms. The SMILES string of the molecule is CC(CC1CCCCN1)Nc1ccc2c(c1)CCC(=O)N2. The Morgan fingerprint density at radius 1 is 1.33 bits per heavy atom. The molecule has 2 aliphatic heterocycles. The second-order valence-electron chi connectivity index (χ2n) is 6.35. The zero-order valence-corrected chi connectivity index (χ0v) is 12.7. The van der Waals surface area contributed by atoms with E-state index in [9.17, 15) is 4.79 Å². The average molecular weight is 287 g/mol. The van der Waals surface area contributed by atoms with Crippen LogP contribution in [-0.2, 0) is 11.2 Å². The van der Waals surface area contributed by atoms with Gasteiger partial charge in [-0.05, 0) is 62.9 Å². The predicted octanol–water partition coefficient (Wildman–Crippen LogP) is 2.90. The summed E-state index contributed by atoms with van der Waals surface area (Å²) in [5.74, 6) is 0.125. The monoisotopic (exact) mass is 287 g/mol. The minimum Gasteiger partial charge on any atom is -0.383 e. The van der Waals surface area contributed by atoms with Crippen molar-refractivity contribution in [3.05, 3.63) is 23.8 Å². The van der Waals surface area contributed by atoms with Crippen molar-refractivity contribution in [2.75, 3.05) is 17.2 Å². The second-order valence-corrected chi connectivity index (χ2v) is 6.35. The normalized spacial score (nSPS) is 23.1. The van der Waals surface area contributed by atoms with Gasteiger partial charge in [-0.15, -0.1) is 0 Å². The van der Waals surface area contributed by atoms with Crippen molar-refractivity contribution in [2.45, 2.75) is 57.5 Å². The molecule has 1 fully saturated rings. The first kappa shape index (κ1) is 14.4. The van der Waals surface area contributed by atoms with Crippen LogP contribution >= 0.6 is 0 Å². The third-order valence-corrected chi connectivity index (χ3v) is 4.46. The van der Waals surface area contributed by atoms with Gasteiger partial charge in [0.1, 0.15) is 0 Å². The van der Waals surface area contributed by atoms with Crippen LogP contribution in [0, 0.1) is 0 Å². The summed E-state index contributed by atoms with van der Waals surface area (Å²) in [5, 5.41) is 10.1. The number of carbonyl (C=O) groups is 1. The van der Waals surface area contributed by atoms with E-state index in [1.54, 1.807) is 0 Å². The summed E-state index contributed by atoms with van der Waals surface area (Å²) in [6, 6.07) is 7.37. The number of anilines is 2. The van der Waals surface area contributed by atoms with Gasteiger partial charge in [-0.25, -0.2) is 0 Å². The first-order valence-corrected chi connectivity index (χ1v) is 8.13. The minimum atomic E-state index is 0.125. The van der Waals surface area contributed by atoms with Gasteiger partial charge >= 0.3 is 0 Å². The Kier molecular flexibility index (Phi) is 4.44. The number of benzene rings is 1. The molecule has 1 saturated heterocycles. The van der Waals surface area contributed by atoms with Gasteiger partial charge in [-0.3, -0.25) is 4.79 Å². The highest BCUT2D eigenvalue weighted by Crippen LogP contribution is 2.26. The molecule has 3 rings (SSSR count). The smallest absolute Gasteiger partial charge is 0.224 e. The number of rotatable bonds is 4. The standard InChI is InChI=1S/C17H25N3O/c1-12(10-14-4-2-3-9-18-14)19-15-6-7-16-13(11-15)5-8-17(21)20-16/h6-7,11-12,14,18-19H,2-5,8-10H2,1H3,(H,20,21). The fourth-order valence-corrected chi connectivity index (χ4v) is 3.37. The molecule has 2 heterocycles. The average Bonchev–Trinajstić information content (AvgIpc) is 2.48. The maximum absolute atomic E-state index is 11.4. The van der Waals surface area contributed by atoms with Gasteiger partial charge in [-0.1, -0.05) is 6.42 Å². The zero-order chi connectivity index (χ0) is 14.7. The topological polar surface area (TPSA) is 53.2 Å². The molecule has 0 bridgehead atoms. The second kappa shape index (κ2) is 6.48. The molecule has 0 radical (unpaired) electrons. The largest absolute Gasteiger partial charge is 0.383 e. The number of amides is 1. The van der Waals surface area contributed by atoms with Crippen LogP contribution in [0.25, 0.3) is 0 Å². The van der Waals surface area contributed by atoms with Crippen LogP contribution in [-0.4, -0.2) is 24.5 Å². The van der Waals surface area contributed by atoms with Gasteiger partial charge in [0.2, 0.25) is 5.91 Å². The van der Waals surface area contributed by atoms with E-state index in [4.69, 9.17) is 0 Å². The van der Waals surface area contributed by atoms with Gasteiger partial charge in [0.05, 0.1) is 0 Å². The summed E-state index contributed by atoms with van der Waals surface area (Å²) < 4.78 is 0. The Labute approximate surface area is 126 Å². The first-order chi connectivity index (χ1) is 10.2. The van der Waals surface area contributed by atoms with Crippen molar-refractivity contribution in [3.8, 4) is 0 Å². The number of fused-ring (bicyclic) bond motifs is 1. The van der Waals surface area contributed by atoms with Crippen LogP contribution < -0.4 is 16.0 Å². The van der Waals surface area contributed by atoms with Gasteiger partial charge in [0.25, 0.3) is 0 Å². The van der Waals surface area contributed by atoms with Crippen molar-refractivity contribution >= 4 is 17.3 Å². The Hall–Kier alpha value is -1.55. The van der Waals surface area contributed by atoms with Gasteiger partial charge in [-0.2, -0.15) is 0 Å². The van der Waals surface area contributed by atoms with E-state index in [0.29, 0.717) is 18.5 Å². The van der Waals surface area contributed by atoms with Crippen LogP contribution in [0.2, 0.25) is 0 Å². The quantitative estimate of drug-likeness (QED) is 0.798. The highest BCUT2D eigenvalue weighted by Gasteiger charge is 2.17. The molecule has 1 aromatic carbocycles. The van der Waals surface area contributed by atoms with E-state index in [1.165, 1.54) is 24.8 Å². The lowest BCUT2D eigenvalue weighted by Crippen LogP contribution is -2.37. The number of nitrogens with one attached hydrogen (secondary N) is 3. The number of aryl methyl sites for hydroxylation is 1. The van der Waals surface area contributed by atoms with Crippen LogP contribution in [0.15, 0.2) is 18.2 Å². The summed E-state index contributed by atoms with van der Waals surface area (Å²) in [7, 11) is 0. The van der Waals surface area contributed by atoms with E-state index in [-0.39, 0.29) is 5.91 Å². The fraction of sp³-hybridized carbons (Fsp3) is 0.588. The summed E-state index contributed by atoms with van der Waals surface area (Å²) in [6.07, 6.45) is 6.56. The summed E-state index contributed by atoms with van der Waals surface area (Å²) >= 11 is 0. The number of hydrogen-bond donors (Lipinski definition) is 3. The number of hydrogen-bond acceptors (Lipinski definition) is 3. The molecule has 114 valence electrons. The van der Waals surface area contributed by atoms with Crippen LogP contribution in [0.3, 0.4) is 0 Å². The number of carbonyl (C=O) groups excluding carboxylic acids is 1. The highest BCUT2D eigenvalue weighted by molar-refractivity contribution is 5.94. The summed E-state index contributed by atoms with van der Waals surface area (Å²) in [6.45, 7) is 3.41. The Balaban J connectivity index is 1.58. The molecule has 0 aromatic heterocycles. The molecule has 1 aromatic rings. The number of piperidine rings is 1. The maximum atomic E-state index is 11.4. The van der Waals surface area contributed by atoms with Gasteiger partial charge in [0.15, 0.2) is 0 Å². The Morgan fingerprint density at radius 2 is 2.24 bits per heavy atom. The third kappa shape index (κ3) is 3.76. The van der Waals surface area contributed by atoms with Crippen LogP contribution in [0.4, 0.5) is 11.4 Å². The lowest BCUT2D eigenvalue weighted by Gasteiger charge is -2.27. The summed E-state index contributed by atoms with van der Waals surface area (Å²) in [4.78, 5) is 11.4. The minimum absolute atomic E-state index is 0.125. The van der Waals surface area contributed by atoms with Gasteiger partial charge < -0.3 is 16.0 Å². The predicted molar refractivity (Wildman–Crippen MR) is 86.7 cm³/mol. The Morgan fingerprint density at radius 3 is 3.05 bits per heavy atom. The van der Waals surface area contributed by atoms with Crippen molar-refractivity contribution in [3.63, 3.8) is 0 Å². The van der Waals surface area contributed by atoms with E-state index >= 15 is 0 Å². The lowest BCUT2D eigenvalue weighted by atomic mass is 9.98. The lowest BCUT2D eigenvalue weighted by molar-refractivity contribution is -0.116. The molecule has 0 aliphatic carbocycles. The molecule has 1 amide bonds. The van der Waals surface area contributed by atoms with E-state index in [2.05, 4.69) is 35.0 Å². The first-order valence-electron chi connectivity index (χ1n) is 8.13. The molecular weight excluding hydrogens is 262 g/mol.